The highest BCUT2D eigenvalue weighted by Gasteiger charge is 2.30. The predicted molar refractivity (Wildman–Crippen MR) is 60.1 cm³/mol. The third kappa shape index (κ3) is 3.60. The highest BCUT2D eigenvalue weighted by Crippen LogP contribution is 2.28. The van der Waals surface area contributed by atoms with Crippen LogP contribution >= 0.6 is 0 Å². The van der Waals surface area contributed by atoms with E-state index in [0.29, 0.717) is 11.2 Å². The minimum absolute atomic E-state index is 0.0233. The molecule has 0 unspecified atom stereocenters. The fourth-order valence-electron chi connectivity index (χ4n) is 2.04. The molecule has 0 N–H and O–H groups in total. The summed E-state index contributed by atoms with van der Waals surface area (Å²) in [6, 6.07) is 0. The Labute approximate surface area is 88.0 Å². The Morgan fingerprint density at radius 2 is 1.93 bits per heavy atom. The minimum atomic E-state index is -2.70. The van der Waals surface area contributed by atoms with Crippen LogP contribution in [-0.4, -0.2) is 19.4 Å². The van der Waals surface area contributed by atoms with Gasteiger partial charge in [0, 0.05) is 0 Å². The fraction of sp³-hybridized carbons (Fsp3) is 1.00. The van der Waals surface area contributed by atoms with Gasteiger partial charge in [0.05, 0.1) is 11.0 Å². The molecule has 0 aromatic rings. The average molecular weight is 218 g/mol. The summed E-state index contributed by atoms with van der Waals surface area (Å²) in [4.78, 5) is 0. The van der Waals surface area contributed by atoms with Gasteiger partial charge in [-0.3, -0.25) is 0 Å². The summed E-state index contributed by atoms with van der Waals surface area (Å²) in [5.74, 6) is 0.424. The van der Waals surface area contributed by atoms with E-state index in [9.17, 15) is 8.42 Å². The lowest BCUT2D eigenvalue weighted by atomic mass is 9.89. The minimum Gasteiger partial charge on any atom is -0.229 e. The van der Waals surface area contributed by atoms with Gasteiger partial charge in [0.25, 0.3) is 0 Å². The Bertz CT molecular complexity index is 272. The maximum Gasteiger partial charge on any atom is 0.153 e. The van der Waals surface area contributed by atoms with Crippen LogP contribution in [0.5, 0.6) is 0 Å². The van der Waals surface area contributed by atoms with Crippen LogP contribution in [0.15, 0.2) is 0 Å². The molecule has 1 fully saturated rings. The summed E-state index contributed by atoms with van der Waals surface area (Å²) in [5.41, 5.74) is 0.336. The van der Waals surface area contributed by atoms with Crippen molar-refractivity contribution in [1.82, 2.24) is 0 Å². The molecule has 1 heterocycles. The standard InChI is InChI=1S/C11H22O2S/c1-11(2,3)8-4-6-10-7-5-9-14(10,12)13/h10H,4-9H2,1-3H3/t10-/m1/s1. The summed E-state index contributed by atoms with van der Waals surface area (Å²) >= 11 is 0. The second kappa shape index (κ2) is 4.21. The molecule has 3 heteroatoms. The zero-order valence-corrected chi connectivity index (χ0v) is 10.4. The van der Waals surface area contributed by atoms with E-state index < -0.39 is 9.84 Å². The Hall–Kier alpha value is -0.0500. The molecule has 0 bridgehead atoms. The Balaban J connectivity index is 2.33. The van der Waals surface area contributed by atoms with E-state index in [-0.39, 0.29) is 5.25 Å². The van der Waals surface area contributed by atoms with Crippen LogP contribution in [-0.2, 0) is 9.84 Å². The molecule has 2 nitrogen and oxygen atoms in total. The lowest BCUT2D eigenvalue weighted by molar-refractivity contribution is 0.358. The van der Waals surface area contributed by atoms with E-state index in [2.05, 4.69) is 20.8 Å². The molecule has 14 heavy (non-hydrogen) atoms. The fourth-order valence-corrected chi connectivity index (χ4v) is 4.00. The van der Waals surface area contributed by atoms with Crippen LogP contribution in [0.4, 0.5) is 0 Å². The molecule has 0 aromatic heterocycles. The Morgan fingerprint density at radius 3 is 2.36 bits per heavy atom. The van der Waals surface area contributed by atoms with Crippen LogP contribution in [0, 0.1) is 5.41 Å². The summed E-state index contributed by atoms with van der Waals surface area (Å²) in [5, 5.41) is -0.0233. The molecule has 0 aliphatic carbocycles. The zero-order chi connectivity index (χ0) is 10.8. The van der Waals surface area contributed by atoms with Crippen LogP contribution < -0.4 is 0 Å². The second-order valence-corrected chi connectivity index (χ2v) is 7.98. The smallest absolute Gasteiger partial charge is 0.153 e. The molecule has 84 valence electrons. The monoisotopic (exact) mass is 218 g/mol. The van der Waals surface area contributed by atoms with Gasteiger partial charge in [-0.1, -0.05) is 27.2 Å². The Kier molecular flexibility index (Phi) is 3.62. The lowest BCUT2D eigenvalue weighted by Gasteiger charge is -2.18. The first-order valence-corrected chi connectivity index (χ1v) is 7.24. The van der Waals surface area contributed by atoms with Gasteiger partial charge < -0.3 is 0 Å². The van der Waals surface area contributed by atoms with E-state index in [1.54, 1.807) is 0 Å². The van der Waals surface area contributed by atoms with E-state index in [0.717, 1.165) is 32.1 Å². The van der Waals surface area contributed by atoms with Gasteiger partial charge in [0.2, 0.25) is 0 Å². The SMILES string of the molecule is CC(C)(C)CCC[C@@H]1CCCS1(=O)=O. The maximum atomic E-state index is 11.5. The molecule has 0 aromatic carbocycles. The van der Waals surface area contributed by atoms with Gasteiger partial charge in [-0.25, -0.2) is 8.42 Å². The summed E-state index contributed by atoms with van der Waals surface area (Å²) in [6.45, 7) is 6.61. The van der Waals surface area contributed by atoms with Gasteiger partial charge in [-0.05, 0) is 31.1 Å². The van der Waals surface area contributed by atoms with Crippen LogP contribution in [0.2, 0.25) is 0 Å². The van der Waals surface area contributed by atoms with Crippen molar-refractivity contribution < 1.29 is 8.42 Å². The van der Waals surface area contributed by atoms with Crippen molar-refractivity contribution in [3.63, 3.8) is 0 Å². The van der Waals surface area contributed by atoms with E-state index in [4.69, 9.17) is 0 Å². The first-order chi connectivity index (χ1) is 6.31. The quantitative estimate of drug-likeness (QED) is 0.730. The van der Waals surface area contributed by atoms with Gasteiger partial charge >= 0.3 is 0 Å². The van der Waals surface area contributed by atoms with Crippen molar-refractivity contribution in [3.8, 4) is 0 Å². The van der Waals surface area contributed by atoms with E-state index in [1.165, 1.54) is 0 Å². The van der Waals surface area contributed by atoms with Gasteiger partial charge in [0.15, 0.2) is 9.84 Å². The highest BCUT2D eigenvalue weighted by molar-refractivity contribution is 7.92. The third-order valence-corrected chi connectivity index (χ3v) is 5.26. The summed E-state index contributed by atoms with van der Waals surface area (Å²) in [7, 11) is -2.70. The molecule has 0 saturated carbocycles. The first-order valence-electron chi connectivity index (χ1n) is 5.53. The number of rotatable bonds is 3. The summed E-state index contributed by atoms with van der Waals surface area (Å²) < 4.78 is 23.0. The maximum absolute atomic E-state index is 11.5. The normalized spacial score (nSPS) is 26.6. The average Bonchev–Trinajstić information content (AvgIpc) is 2.28. The van der Waals surface area contributed by atoms with Crippen molar-refractivity contribution in [2.24, 2.45) is 5.41 Å². The third-order valence-electron chi connectivity index (χ3n) is 2.92. The van der Waals surface area contributed by atoms with Crippen molar-refractivity contribution in [1.29, 1.82) is 0 Å². The van der Waals surface area contributed by atoms with E-state index >= 15 is 0 Å². The van der Waals surface area contributed by atoms with E-state index in [1.807, 2.05) is 0 Å². The molecular formula is C11H22O2S. The molecule has 1 atom stereocenters. The van der Waals surface area contributed by atoms with Gasteiger partial charge in [-0.2, -0.15) is 0 Å². The first kappa shape index (κ1) is 12.0. The molecular weight excluding hydrogens is 196 g/mol. The molecule has 1 rings (SSSR count). The summed E-state index contributed by atoms with van der Waals surface area (Å²) in [6.07, 6.45) is 4.82. The van der Waals surface area contributed by atoms with Crippen LogP contribution in [0.25, 0.3) is 0 Å². The molecule has 1 aliphatic heterocycles. The largest absolute Gasteiger partial charge is 0.229 e. The van der Waals surface area contributed by atoms with Crippen LogP contribution in [0.1, 0.15) is 52.9 Å². The van der Waals surface area contributed by atoms with Crippen LogP contribution in [0.3, 0.4) is 0 Å². The molecule has 1 saturated heterocycles. The lowest BCUT2D eigenvalue weighted by Crippen LogP contribution is -2.16. The van der Waals surface area contributed by atoms with Gasteiger partial charge in [-0.15, -0.1) is 0 Å². The van der Waals surface area contributed by atoms with Crippen molar-refractivity contribution in [3.05, 3.63) is 0 Å². The molecule has 1 aliphatic rings. The molecule has 0 amide bonds. The Morgan fingerprint density at radius 1 is 1.29 bits per heavy atom. The second-order valence-electron chi connectivity index (χ2n) is 5.58. The van der Waals surface area contributed by atoms with Gasteiger partial charge in [0.1, 0.15) is 0 Å². The predicted octanol–water partition coefficient (Wildman–Crippen LogP) is 2.78. The topological polar surface area (TPSA) is 34.1 Å². The van der Waals surface area contributed by atoms with Crippen molar-refractivity contribution >= 4 is 9.84 Å². The number of hydrogen-bond acceptors (Lipinski definition) is 2. The molecule has 0 spiro atoms. The number of sulfone groups is 1. The van der Waals surface area contributed by atoms with Crippen molar-refractivity contribution in [2.75, 3.05) is 5.75 Å². The number of hydrogen-bond donors (Lipinski definition) is 0. The molecule has 0 radical (unpaired) electrons. The van der Waals surface area contributed by atoms with Crippen molar-refractivity contribution in [2.45, 2.75) is 58.1 Å². The highest BCUT2D eigenvalue weighted by atomic mass is 32.2. The zero-order valence-electron chi connectivity index (χ0n) is 9.54.